The molecule has 3 aromatic rings. The van der Waals surface area contributed by atoms with Gasteiger partial charge in [0.05, 0.1) is 6.42 Å². The summed E-state index contributed by atoms with van der Waals surface area (Å²) in [7, 11) is 0. The van der Waals surface area contributed by atoms with E-state index in [1.165, 1.54) is 0 Å². The van der Waals surface area contributed by atoms with Crippen molar-refractivity contribution in [2.24, 2.45) is 0 Å². The number of ketones is 1. The van der Waals surface area contributed by atoms with Gasteiger partial charge in [-0.15, -0.1) is 0 Å². The molecule has 0 radical (unpaired) electrons. The van der Waals surface area contributed by atoms with Crippen LogP contribution in [0.5, 0.6) is 0 Å². The minimum atomic E-state index is -0.438. The van der Waals surface area contributed by atoms with Crippen molar-refractivity contribution in [3.8, 4) is 0 Å². The molecule has 3 rings (SSSR count). The van der Waals surface area contributed by atoms with Crippen LogP contribution in [0, 0.1) is 0 Å². The Morgan fingerprint density at radius 2 is 1.58 bits per heavy atom. The van der Waals surface area contributed by atoms with E-state index < -0.39 is 5.97 Å². The first kappa shape index (κ1) is 16.2. The zero-order valence-corrected chi connectivity index (χ0v) is 13.6. The number of halogens is 1. The van der Waals surface area contributed by atoms with E-state index in [1.54, 1.807) is 30.3 Å². The van der Waals surface area contributed by atoms with Crippen LogP contribution in [-0.2, 0) is 16.0 Å². The molecule has 0 amide bonds. The summed E-state index contributed by atoms with van der Waals surface area (Å²) in [4.78, 5) is 24.0. The molecule has 0 saturated heterocycles. The molecule has 0 aromatic heterocycles. The fourth-order valence-electron chi connectivity index (χ4n) is 2.41. The van der Waals surface area contributed by atoms with Gasteiger partial charge in [0.2, 0.25) is 0 Å². The van der Waals surface area contributed by atoms with Gasteiger partial charge in [0.25, 0.3) is 0 Å². The van der Waals surface area contributed by atoms with E-state index in [1.807, 2.05) is 36.4 Å². The van der Waals surface area contributed by atoms with Crippen LogP contribution >= 0.6 is 11.6 Å². The molecular weight excluding hydrogens is 324 g/mol. The molecule has 3 aromatic carbocycles. The number of hydrogen-bond donors (Lipinski definition) is 0. The lowest BCUT2D eigenvalue weighted by atomic mass is 10.0. The molecule has 24 heavy (non-hydrogen) atoms. The molecule has 0 spiro atoms. The van der Waals surface area contributed by atoms with E-state index in [9.17, 15) is 9.59 Å². The molecule has 0 aliphatic heterocycles. The fraction of sp³-hybridized carbons (Fsp3) is 0.100. The molecular formula is C20H15ClO3. The van der Waals surface area contributed by atoms with Crippen molar-refractivity contribution in [2.45, 2.75) is 6.42 Å². The molecule has 0 N–H and O–H groups in total. The maximum Gasteiger partial charge on any atom is 0.310 e. The number of fused-ring (bicyclic) bond motifs is 1. The first-order chi connectivity index (χ1) is 11.6. The van der Waals surface area contributed by atoms with Crippen LogP contribution in [0.2, 0.25) is 5.02 Å². The first-order valence-electron chi connectivity index (χ1n) is 7.54. The predicted octanol–water partition coefficient (Wildman–Crippen LogP) is 4.46. The van der Waals surface area contributed by atoms with Gasteiger partial charge in [0, 0.05) is 10.6 Å². The molecule has 0 heterocycles. The number of carbonyl (C=O) groups excluding carboxylic acids is 2. The molecule has 0 unspecified atom stereocenters. The van der Waals surface area contributed by atoms with Gasteiger partial charge in [-0.3, -0.25) is 9.59 Å². The lowest BCUT2D eigenvalue weighted by molar-refractivity contribution is -0.141. The smallest absolute Gasteiger partial charge is 0.310 e. The Bertz CT molecular complexity index is 885. The van der Waals surface area contributed by atoms with Crippen molar-refractivity contribution in [1.82, 2.24) is 0 Å². The maximum absolute atomic E-state index is 12.2. The van der Waals surface area contributed by atoms with E-state index in [0.29, 0.717) is 10.6 Å². The van der Waals surface area contributed by atoms with Crippen molar-refractivity contribution in [1.29, 1.82) is 0 Å². The van der Waals surface area contributed by atoms with Crippen LogP contribution in [0.15, 0.2) is 66.7 Å². The minimum absolute atomic E-state index is 0.113. The molecule has 0 fully saturated rings. The van der Waals surface area contributed by atoms with Crippen molar-refractivity contribution in [3.05, 3.63) is 82.9 Å². The molecule has 0 atom stereocenters. The molecule has 0 aliphatic rings. The molecule has 0 bridgehead atoms. The van der Waals surface area contributed by atoms with E-state index in [-0.39, 0.29) is 18.8 Å². The SMILES string of the molecule is O=C(Cc1ccc(Cl)cc1)OCC(=O)c1ccc2ccccc2c1. The predicted molar refractivity (Wildman–Crippen MR) is 94.4 cm³/mol. The summed E-state index contributed by atoms with van der Waals surface area (Å²) in [5, 5.41) is 2.66. The van der Waals surface area contributed by atoms with Crippen LogP contribution in [0.25, 0.3) is 10.8 Å². The summed E-state index contributed by atoms with van der Waals surface area (Å²) in [6, 6.07) is 20.2. The molecule has 0 aliphatic carbocycles. The minimum Gasteiger partial charge on any atom is -0.457 e. The molecule has 0 saturated carbocycles. The van der Waals surface area contributed by atoms with Crippen molar-refractivity contribution >= 4 is 34.1 Å². The van der Waals surface area contributed by atoms with Crippen LogP contribution in [-0.4, -0.2) is 18.4 Å². The number of ether oxygens (including phenoxy) is 1. The highest BCUT2D eigenvalue weighted by molar-refractivity contribution is 6.30. The van der Waals surface area contributed by atoms with Gasteiger partial charge < -0.3 is 4.74 Å². The first-order valence-corrected chi connectivity index (χ1v) is 7.92. The topological polar surface area (TPSA) is 43.4 Å². The van der Waals surface area contributed by atoms with Gasteiger partial charge in [-0.05, 0) is 34.5 Å². The summed E-state index contributed by atoms with van der Waals surface area (Å²) < 4.78 is 5.08. The average Bonchev–Trinajstić information content (AvgIpc) is 2.61. The number of carbonyl (C=O) groups is 2. The Labute approximate surface area is 144 Å². The van der Waals surface area contributed by atoms with Crippen LogP contribution in [0.4, 0.5) is 0 Å². The van der Waals surface area contributed by atoms with Crippen molar-refractivity contribution in [2.75, 3.05) is 6.61 Å². The maximum atomic E-state index is 12.2. The number of rotatable bonds is 5. The number of hydrogen-bond acceptors (Lipinski definition) is 3. The number of Topliss-reactive ketones (excluding diaryl/α,β-unsaturated/α-hetero) is 1. The highest BCUT2D eigenvalue weighted by Gasteiger charge is 2.11. The third-order valence-corrected chi connectivity index (χ3v) is 3.95. The van der Waals surface area contributed by atoms with Gasteiger partial charge in [0.1, 0.15) is 0 Å². The van der Waals surface area contributed by atoms with Gasteiger partial charge in [-0.1, -0.05) is 60.1 Å². The van der Waals surface area contributed by atoms with Gasteiger partial charge in [0.15, 0.2) is 12.4 Å². The highest BCUT2D eigenvalue weighted by Crippen LogP contribution is 2.16. The van der Waals surface area contributed by atoms with Gasteiger partial charge in [-0.25, -0.2) is 0 Å². The lowest BCUT2D eigenvalue weighted by Gasteiger charge is -2.06. The van der Waals surface area contributed by atoms with Crippen LogP contribution in [0.1, 0.15) is 15.9 Å². The van der Waals surface area contributed by atoms with Crippen LogP contribution in [0.3, 0.4) is 0 Å². The van der Waals surface area contributed by atoms with E-state index in [2.05, 4.69) is 0 Å². The lowest BCUT2D eigenvalue weighted by Crippen LogP contribution is -2.15. The summed E-state index contributed by atoms with van der Waals surface area (Å²) in [6.07, 6.45) is 0.113. The average molecular weight is 339 g/mol. The largest absolute Gasteiger partial charge is 0.457 e. The summed E-state index contributed by atoms with van der Waals surface area (Å²) in [5.74, 6) is -0.656. The van der Waals surface area contributed by atoms with E-state index >= 15 is 0 Å². The summed E-state index contributed by atoms with van der Waals surface area (Å²) >= 11 is 5.80. The quantitative estimate of drug-likeness (QED) is 0.509. The van der Waals surface area contributed by atoms with E-state index in [4.69, 9.17) is 16.3 Å². The Morgan fingerprint density at radius 3 is 2.33 bits per heavy atom. The third kappa shape index (κ3) is 4.00. The highest BCUT2D eigenvalue weighted by atomic mass is 35.5. The number of benzene rings is 3. The zero-order chi connectivity index (χ0) is 16.9. The Kier molecular flexibility index (Phi) is 4.92. The second kappa shape index (κ2) is 7.28. The summed E-state index contributed by atoms with van der Waals surface area (Å²) in [5.41, 5.74) is 1.33. The third-order valence-electron chi connectivity index (χ3n) is 3.70. The number of esters is 1. The normalized spacial score (nSPS) is 10.5. The zero-order valence-electron chi connectivity index (χ0n) is 12.9. The second-order valence-corrected chi connectivity index (χ2v) is 5.89. The van der Waals surface area contributed by atoms with Gasteiger partial charge >= 0.3 is 5.97 Å². The Hall–Kier alpha value is -2.65. The van der Waals surface area contributed by atoms with Crippen molar-refractivity contribution in [3.63, 3.8) is 0 Å². The van der Waals surface area contributed by atoms with Crippen LogP contribution < -0.4 is 0 Å². The monoisotopic (exact) mass is 338 g/mol. The second-order valence-electron chi connectivity index (χ2n) is 5.45. The standard InChI is InChI=1S/C20H15ClO3/c21-18-9-5-14(6-10-18)11-20(23)24-13-19(22)17-8-7-15-3-1-2-4-16(15)12-17/h1-10,12H,11,13H2. The van der Waals surface area contributed by atoms with Gasteiger partial charge in [-0.2, -0.15) is 0 Å². The van der Waals surface area contributed by atoms with Crippen molar-refractivity contribution < 1.29 is 14.3 Å². The van der Waals surface area contributed by atoms with E-state index in [0.717, 1.165) is 16.3 Å². The Balaban J connectivity index is 1.59. The molecule has 120 valence electrons. The molecule has 3 nitrogen and oxygen atoms in total. The molecule has 4 heteroatoms. The summed E-state index contributed by atoms with van der Waals surface area (Å²) in [6.45, 7) is -0.259. The Morgan fingerprint density at radius 1 is 0.875 bits per heavy atom. The fourth-order valence-corrected chi connectivity index (χ4v) is 2.54.